The van der Waals surface area contributed by atoms with E-state index >= 15 is 0 Å². The molecule has 0 N–H and O–H groups in total. The molecule has 3 rings (SSSR count). The van der Waals surface area contributed by atoms with Gasteiger partial charge in [0.25, 0.3) is 0 Å². The summed E-state index contributed by atoms with van der Waals surface area (Å²) in [5, 5.41) is 2.68. The summed E-state index contributed by atoms with van der Waals surface area (Å²) >= 11 is 4.62. The second-order valence-electron chi connectivity index (χ2n) is 4.71. The number of ether oxygens (including phenoxy) is 1. The lowest BCUT2D eigenvalue weighted by Crippen LogP contribution is -2.07. The second-order valence-corrected chi connectivity index (χ2v) is 6.48. The van der Waals surface area contributed by atoms with Crippen molar-refractivity contribution >= 4 is 33.2 Å². The zero-order valence-electron chi connectivity index (χ0n) is 11.8. The highest BCUT2D eigenvalue weighted by Gasteiger charge is 2.14. The SMILES string of the molecule is O=C(OCc1csc(-c2ccccc2)n1)c1ccc(Br)cc1F. The minimum absolute atomic E-state index is 0.0116. The monoisotopic (exact) mass is 391 g/mol. The Kier molecular flexibility index (Phi) is 4.83. The van der Waals surface area contributed by atoms with Gasteiger partial charge in [0.1, 0.15) is 17.4 Å². The van der Waals surface area contributed by atoms with Crippen molar-refractivity contribution in [3.05, 3.63) is 75.5 Å². The Morgan fingerprint density at radius 1 is 1.22 bits per heavy atom. The van der Waals surface area contributed by atoms with Crippen molar-refractivity contribution in [2.24, 2.45) is 0 Å². The van der Waals surface area contributed by atoms with E-state index in [0.29, 0.717) is 10.2 Å². The molecule has 116 valence electrons. The number of nitrogens with zero attached hydrogens (tertiary/aromatic N) is 1. The van der Waals surface area contributed by atoms with E-state index in [-0.39, 0.29) is 12.2 Å². The van der Waals surface area contributed by atoms with Crippen LogP contribution in [0.4, 0.5) is 4.39 Å². The maximum Gasteiger partial charge on any atom is 0.341 e. The molecule has 0 aliphatic heterocycles. The first-order valence-corrected chi connectivity index (χ1v) is 8.43. The largest absolute Gasteiger partial charge is 0.455 e. The molecule has 0 unspecified atom stereocenters. The van der Waals surface area contributed by atoms with Gasteiger partial charge in [-0.3, -0.25) is 0 Å². The van der Waals surface area contributed by atoms with Crippen molar-refractivity contribution in [2.75, 3.05) is 0 Å². The summed E-state index contributed by atoms with van der Waals surface area (Å²) in [4.78, 5) is 16.3. The van der Waals surface area contributed by atoms with E-state index in [0.717, 1.165) is 10.6 Å². The van der Waals surface area contributed by atoms with Gasteiger partial charge in [-0.15, -0.1) is 11.3 Å². The molecule has 0 saturated carbocycles. The van der Waals surface area contributed by atoms with Crippen LogP contribution in [0.25, 0.3) is 10.6 Å². The first-order chi connectivity index (χ1) is 11.1. The van der Waals surface area contributed by atoms with Crippen molar-refractivity contribution < 1.29 is 13.9 Å². The van der Waals surface area contributed by atoms with Crippen molar-refractivity contribution in [1.82, 2.24) is 4.98 Å². The standard InChI is InChI=1S/C17H11BrFNO2S/c18-12-6-7-14(15(19)8-12)17(21)22-9-13-10-23-16(20-13)11-4-2-1-3-5-11/h1-8,10H,9H2. The molecular formula is C17H11BrFNO2S. The molecule has 0 aliphatic carbocycles. The van der Waals surface area contributed by atoms with Crippen LogP contribution >= 0.6 is 27.3 Å². The Hall–Kier alpha value is -2.05. The molecule has 0 radical (unpaired) electrons. The third-order valence-electron chi connectivity index (χ3n) is 3.07. The molecule has 1 aromatic heterocycles. The van der Waals surface area contributed by atoms with Gasteiger partial charge in [-0.2, -0.15) is 0 Å². The van der Waals surface area contributed by atoms with Crippen LogP contribution in [-0.4, -0.2) is 11.0 Å². The lowest BCUT2D eigenvalue weighted by atomic mass is 10.2. The van der Waals surface area contributed by atoms with Gasteiger partial charge in [-0.05, 0) is 18.2 Å². The molecule has 0 aliphatic rings. The maximum absolute atomic E-state index is 13.7. The molecular weight excluding hydrogens is 381 g/mol. The quantitative estimate of drug-likeness (QED) is 0.582. The van der Waals surface area contributed by atoms with Crippen LogP contribution in [0.1, 0.15) is 16.1 Å². The van der Waals surface area contributed by atoms with Gasteiger partial charge < -0.3 is 4.74 Å². The number of aromatic nitrogens is 1. The summed E-state index contributed by atoms with van der Waals surface area (Å²) < 4.78 is 19.4. The van der Waals surface area contributed by atoms with Crippen LogP contribution in [-0.2, 0) is 11.3 Å². The van der Waals surface area contributed by atoms with E-state index in [9.17, 15) is 9.18 Å². The van der Waals surface area contributed by atoms with Crippen LogP contribution in [0.2, 0.25) is 0 Å². The lowest BCUT2D eigenvalue weighted by molar-refractivity contribution is 0.0463. The van der Waals surface area contributed by atoms with Gasteiger partial charge in [0.05, 0.1) is 11.3 Å². The van der Waals surface area contributed by atoms with Crippen molar-refractivity contribution in [3.8, 4) is 10.6 Å². The Morgan fingerprint density at radius 3 is 2.74 bits per heavy atom. The third-order valence-corrected chi connectivity index (χ3v) is 4.51. The Morgan fingerprint density at radius 2 is 2.00 bits per heavy atom. The number of halogens is 2. The fourth-order valence-corrected chi connectivity index (χ4v) is 3.10. The van der Waals surface area contributed by atoms with Gasteiger partial charge in [0.15, 0.2) is 0 Å². The van der Waals surface area contributed by atoms with E-state index < -0.39 is 11.8 Å². The van der Waals surface area contributed by atoms with Crippen molar-refractivity contribution in [1.29, 1.82) is 0 Å². The molecule has 1 heterocycles. The number of hydrogen-bond donors (Lipinski definition) is 0. The Labute approximate surface area is 144 Å². The molecule has 3 nitrogen and oxygen atoms in total. The molecule has 0 bridgehead atoms. The van der Waals surface area contributed by atoms with Gasteiger partial charge in [-0.25, -0.2) is 14.2 Å². The number of thiazole rings is 1. The van der Waals surface area contributed by atoms with Gasteiger partial charge >= 0.3 is 5.97 Å². The Balaban J connectivity index is 1.67. The minimum Gasteiger partial charge on any atom is -0.455 e. The average molecular weight is 392 g/mol. The molecule has 23 heavy (non-hydrogen) atoms. The summed E-state index contributed by atoms with van der Waals surface area (Å²) in [5.74, 6) is -1.32. The normalized spacial score (nSPS) is 10.5. The zero-order valence-corrected chi connectivity index (χ0v) is 14.2. The number of carbonyl (C=O) groups is 1. The maximum atomic E-state index is 13.7. The summed E-state index contributed by atoms with van der Waals surface area (Å²) in [6, 6.07) is 13.9. The molecule has 6 heteroatoms. The van der Waals surface area contributed by atoms with Crippen molar-refractivity contribution in [2.45, 2.75) is 6.61 Å². The first kappa shape index (κ1) is 15.8. The second kappa shape index (κ2) is 7.02. The molecule has 3 aromatic rings. The van der Waals surface area contributed by atoms with E-state index in [2.05, 4.69) is 20.9 Å². The zero-order chi connectivity index (χ0) is 16.2. The molecule has 0 amide bonds. The molecule has 0 atom stereocenters. The molecule has 0 spiro atoms. The molecule has 0 saturated heterocycles. The van der Waals surface area contributed by atoms with E-state index in [4.69, 9.17) is 4.74 Å². The predicted molar refractivity (Wildman–Crippen MR) is 90.8 cm³/mol. The van der Waals surface area contributed by atoms with Crippen LogP contribution in [0.15, 0.2) is 58.4 Å². The Bertz CT molecular complexity index is 836. The highest BCUT2D eigenvalue weighted by molar-refractivity contribution is 9.10. The third kappa shape index (κ3) is 3.83. The number of hydrogen-bond acceptors (Lipinski definition) is 4. The first-order valence-electron chi connectivity index (χ1n) is 6.75. The van der Waals surface area contributed by atoms with E-state index in [1.807, 2.05) is 35.7 Å². The van der Waals surface area contributed by atoms with Crippen LogP contribution in [0, 0.1) is 5.82 Å². The van der Waals surface area contributed by atoms with Crippen LogP contribution < -0.4 is 0 Å². The van der Waals surface area contributed by atoms with Crippen LogP contribution in [0.5, 0.6) is 0 Å². The summed E-state index contributed by atoms with van der Waals surface area (Å²) in [6.45, 7) is 0.0116. The fraction of sp³-hybridized carbons (Fsp3) is 0.0588. The van der Waals surface area contributed by atoms with E-state index in [1.54, 1.807) is 6.07 Å². The topological polar surface area (TPSA) is 39.2 Å². The average Bonchev–Trinajstić information content (AvgIpc) is 3.02. The van der Waals surface area contributed by atoms with Gasteiger partial charge in [0, 0.05) is 15.4 Å². The highest BCUT2D eigenvalue weighted by atomic mass is 79.9. The van der Waals surface area contributed by atoms with Crippen LogP contribution in [0.3, 0.4) is 0 Å². The fourth-order valence-electron chi connectivity index (χ4n) is 1.96. The predicted octanol–water partition coefficient (Wildman–Crippen LogP) is 5.07. The summed E-state index contributed by atoms with van der Waals surface area (Å²) in [7, 11) is 0. The van der Waals surface area contributed by atoms with Gasteiger partial charge in [0.2, 0.25) is 0 Å². The summed E-state index contributed by atoms with van der Waals surface area (Å²) in [6.07, 6.45) is 0. The van der Waals surface area contributed by atoms with Gasteiger partial charge in [-0.1, -0.05) is 46.3 Å². The number of carbonyl (C=O) groups excluding carboxylic acids is 1. The van der Waals surface area contributed by atoms with E-state index in [1.165, 1.54) is 23.5 Å². The molecule has 0 fully saturated rings. The smallest absolute Gasteiger partial charge is 0.341 e. The minimum atomic E-state index is -0.704. The molecule has 2 aromatic carbocycles. The highest BCUT2D eigenvalue weighted by Crippen LogP contribution is 2.24. The number of esters is 1. The summed E-state index contributed by atoms with van der Waals surface area (Å²) in [5.41, 5.74) is 1.56. The number of rotatable bonds is 4. The number of benzene rings is 2. The lowest BCUT2D eigenvalue weighted by Gasteiger charge is -2.04. The van der Waals surface area contributed by atoms with Crippen molar-refractivity contribution in [3.63, 3.8) is 0 Å².